The summed E-state index contributed by atoms with van der Waals surface area (Å²) in [5.74, 6) is 0. The second kappa shape index (κ2) is 5.51. The number of hydrogen-bond donors (Lipinski definition) is 2. The third-order valence-corrected chi connectivity index (χ3v) is 1.92. The number of aliphatic hydroxyl groups is 2. The Morgan fingerprint density at radius 1 is 1.08 bits per heavy atom. The highest BCUT2D eigenvalue weighted by atomic mass is 16.3. The Morgan fingerprint density at radius 2 is 1.50 bits per heavy atom. The molecule has 0 bridgehead atoms. The van der Waals surface area contributed by atoms with Gasteiger partial charge in [-0.25, -0.2) is 0 Å². The summed E-state index contributed by atoms with van der Waals surface area (Å²) in [6, 6.07) is 0.623. The van der Waals surface area contributed by atoms with Gasteiger partial charge < -0.3 is 10.2 Å². The summed E-state index contributed by atoms with van der Waals surface area (Å²) >= 11 is 0. The second-order valence-electron chi connectivity index (χ2n) is 3.63. The van der Waals surface area contributed by atoms with Crippen molar-refractivity contribution in [1.82, 2.24) is 4.90 Å². The van der Waals surface area contributed by atoms with E-state index in [9.17, 15) is 5.11 Å². The van der Waals surface area contributed by atoms with Crippen LogP contribution < -0.4 is 0 Å². The molecule has 0 aliphatic carbocycles. The SMILES string of the molecule is CC(C)N(C(C)C)C(O)CCO. The summed E-state index contributed by atoms with van der Waals surface area (Å²) in [5, 5.41) is 18.3. The fourth-order valence-corrected chi connectivity index (χ4v) is 1.55. The molecular weight excluding hydrogens is 154 g/mol. The molecule has 0 heterocycles. The normalized spacial score (nSPS) is 14.8. The zero-order chi connectivity index (χ0) is 9.72. The summed E-state index contributed by atoms with van der Waals surface area (Å²) < 4.78 is 0. The maximum Gasteiger partial charge on any atom is 0.110 e. The third kappa shape index (κ3) is 3.52. The van der Waals surface area contributed by atoms with E-state index in [2.05, 4.69) is 0 Å². The van der Waals surface area contributed by atoms with E-state index in [0.29, 0.717) is 18.5 Å². The molecule has 0 aromatic heterocycles. The zero-order valence-corrected chi connectivity index (χ0v) is 8.49. The van der Waals surface area contributed by atoms with Crippen molar-refractivity contribution in [2.24, 2.45) is 0 Å². The number of aliphatic hydroxyl groups excluding tert-OH is 2. The average Bonchev–Trinajstić information content (AvgIpc) is 1.85. The molecule has 0 fully saturated rings. The highest BCUT2D eigenvalue weighted by molar-refractivity contribution is 4.70. The van der Waals surface area contributed by atoms with Gasteiger partial charge >= 0.3 is 0 Å². The molecule has 1 atom stereocenters. The lowest BCUT2D eigenvalue weighted by Gasteiger charge is -2.34. The molecule has 0 spiro atoms. The maximum atomic E-state index is 9.62. The van der Waals surface area contributed by atoms with Crippen LogP contribution in [0.3, 0.4) is 0 Å². The Kier molecular flexibility index (Phi) is 5.46. The highest BCUT2D eigenvalue weighted by Gasteiger charge is 2.20. The van der Waals surface area contributed by atoms with Gasteiger partial charge in [-0.05, 0) is 27.7 Å². The topological polar surface area (TPSA) is 43.7 Å². The summed E-state index contributed by atoms with van der Waals surface area (Å²) in [6.07, 6.45) is -0.0916. The minimum Gasteiger partial charge on any atom is -0.396 e. The Labute approximate surface area is 75.0 Å². The van der Waals surface area contributed by atoms with Gasteiger partial charge in [0.2, 0.25) is 0 Å². The first-order chi connectivity index (χ1) is 5.50. The summed E-state index contributed by atoms with van der Waals surface area (Å²) in [7, 11) is 0. The van der Waals surface area contributed by atoms with Gasteiger partial charge in [0.25, 0.3) is 0 Å². The van der Waals surface area contributed by atoms with Crippen LogP contribution in [0.2, 0.25) is 0 Å². The van der Waals surface area contributed by atoms with Crippen LogP contribution in [0.1, 0.15) is 34.1 Å². The average molecular weight is 175 g/mol. The number of rotatable bonds is 5. The van der Waals surface area contributed by atoms with Crippen molar-refractivity contribution in [3.8, 4) is 0 Å². The summed E-state index contributed by atoms with van der Waals surface area (Å²) in [4.78, 5) is 1.98. The van der Waals surface area contributed by atoms with E-state index < -0.39 is 6.23 Å². The van der Waals surface area contributed by atoms with Crippen molar-refractivity contribution in [2.75, 3.05) is 6.61 Å². The van der Waals surface area contributed by atoms with E-state index in [-0.39, 0.29) is 6.61 Å². The van der Waals surface area contributed by atoms with Crippen molar-refractivity contribution >= 4 is 0 Å². The van der Waals surface area contributed by atoms with Crippen LogP contribution in [0, 0.1) is 0 Å². The van der Waals surface area contributed by atoms with Gasteiger partial charge in [-0.3, -0.25) is 4.90 Å². The fraction of sp³-hybridized carbons (Fsp3) is 1.00. The van der Waals surface area contributed by atoms with E-state index in [1.807, 2.05) is 32.6 Å². The zero-order valence-electron chi connectivity index (χ0n) is 8.49. The molecule has 0 aromatic carbocycles. The smallest absolute Gasteiger partial charge is 0.110 e. The lowest BCUT2D eigenvalue weighted by molar-refractivity contribution is -0.0491. The molecule has 74 valence electrons. The fourth-order valence-electron chi connectivity index (χ4n) is 1.55. The molecule has 0 aliphatic heterocycles. The Hall–Kier alpha value is -0.120. The lowest BCUT2D eigenvalue weighted by Crippen LogP contribution is -2.45. The molecule has 3 nitrogen and oxygen atoms in total. The van der Waals surface area contributed by atoms with Crippen molar-refractivity contribution < 1.29 is 10.2 Å². The van der Waals surface area contributed by atoms with E-state index >= 15 is 0 Å². The van der Waals surface area contributed by atoms with Crippen LogP contribution in [0.15, 0.2) is 0 Å². The number of hydrogen-bond acceptors (Lipinski definition) is 3. The van der Waals surface area contributed by atoms with Crippen LogP contribution in [-0.2, 0) is 0 Å². The molecule has 0 rings (SSSR count). The molecule has 2 N–H and O–H groups in total. The van der Waals surface area contributed by atoms with Gasteiger partial charge in [-0.1, -0.05) is 0 Å². The lowest BCUT2D eigenvalue weighted by atomic mass is 10.2. The molecule has 0 saturated heterocycles. The van der Waals surface area contributed by atoms with Crippen molar-refractivity contribution in [3.63, 3.8) is 0 Å². The second-order valence-corrected chi connectivity index (χ2v) is 3.63. The highest BCUT2D eigenvalue weighted by Crippen LogP contribution is 2.10. The minimum absolute atomic E-state index is 0.0388. The van der Waals surface area contributed by atoms with Crippen molar-refractivity contribution in [3.05, 3.63) is 0 Å². The van der Waals surface area contributed by atoms with Crippen molar-refractivity contribution in [2.45, 2.75) is 52.4 Å². The molecule has 12 heavy (non-hydrogen) atoms. The Balaban J connectivity index is 4.09. The Bertz CT molecular complexity index is 107. The quantitative estimate of drug-likeness (QED) is 0.608. The van der Waals surface area contributed by atoms with Crippen LogP contribution in [0.5, 0.6) is 0 Å². The number of nitrogens with zero attached hydrogens (tertiary/aromatic N) is 1. The molecular formula is C9H21NO2. The van der Waals surface area contributed by atoms with E-state index in [1.165, 1.54) is 0 Å². The first-order valence-corrected chi connectivity index (χ1v) is 4.57. The van der Waals surface area contributed by atoms with E-state index in [4.69, 9.17) is 5.11 Å². The monoisotopic (exact) mass is 175 g/mol. The largest absolute Gasteiger partial charge is 0.396 e. The molecule has 0 aliphatic rings. The standard InChI is InChI=1S/C9H21NO2/c1-7(2)10(8(3)4)9(12)5-6-11/h7-9,11-12H,5-6H2,1-4H3. The van der Waals surface area contributed by atoms with Gasteiger partial charge in [0.15, 0.2) is 0 Å². The summed E-state index contributed by atoms with van der Waals surface area (Å²) in [5.41, 5.74) is 0. The molecule has 0 aromatic rings. The van der Waals surface area contributed by atoms with Gasteiger partial charge in [0.1, 0.15) is 6.23 Å². The van der Waals surface area contributed by atoms with Crippen LogP contribution in [0.4, 0.5) is 0 Å². The predicted molar refractivity (Wildman–Crippen MR) is 49.8 cm³/mol. The molecule has 0 saturated carbocycles. The van der Waals surface area contributed by atoms with Gasteiger partial charge in [0, 0.05) is 25.1 Å². The summed E-state index contributed by atoms with van der Waals surface area (Å²) in [6.45, 7) is 8.21. The first kappa shape index (κ1) is 11.9. The molecule has 1 unspecified atom stereocenters. The van der Waals surface area contributed by atoms with E-state index in [1.54, 1.807) is 0 Å². The third-order valence-electron chi connectivity index (χ3n) is 1.92. The first-order valence-electron chi connectivity index (χ1n) is 4.57. The van der Waals surface area contributed by atoms with Crippen molar-refractivity contribution in [1.29, 1.82) is 0 Å². The Morgan fingerprint density at radius 3 is 1.75 bits per heavy atom. The minimum atomic E-state index is -0.519. The molecule has 0 radical (unpaired) electrons. The van der Waals surface area contributed by atoms with Crippen LogP contribution >= 0.6 is 0 Å². The predicted octanol–water partition coefficient (Wildman–Crippen LogP) is 0.806. The van der Waals surface area contributed by atoms with Gasteiger partial charge in [-0.15, -0.1) is 0 Å². The molecule has 0 amide bonds. The molecule has 3 heteroatoms. The van der Waals surface area contributed by atoms with Crippen LogP contribution in [0.25, 0.3) is 0 Å². The van der Waals surface area contributed by atoms with Crippen LogP contribution in [-0.4, -0.2) is 40.0 Å². The maximum absolute atomic E-state index is 9.62. The van der Waals surface area contributed by atoms with Gasteiger partial charge in [-0.2, -0.15) is 0 Å². The van der Waals surface area contributed by atoms with E-state index in [0.717, 1.165) is 0 Å². The van der Waals surface area contributed by atoms with Gasteiger partial charge in [0.05, 0.1) is 0 Å².